The number of hydrogen-bond donors (Lipinski definition) is 2. The summed E-state index contributed by atoms with van der Waals surface area (Å²) >= 11 is 0. The second kappa shape index (κ2) is 9.40. The molecule has 0 radical (unpaired) electrons. The third kappa shape index (κ3) is 5.36. The van der Waals surface area contributed by atoms with E-state index in [0.29, 0.717) is 23.7 Å². The van der Waals surface area contributed by atoms with Gasteiger partial charge in [0, 0.05) is 6.07 Å². The topological polar surface area (TPSA) is 93.5 Å². The predicted octanol–water partition coefficient (Wildman–Crippen LogP) is 4.19. The van der Waals surface area contributed by atoms with Crippen molar-refractivity contribution in [3.8, 4) is 11.6 Å². The Morgan fingerprint density at radius 3 is 2.64 bits per heavy atom. The normalized spacial score (nSPS) is 14.0. The first-order valence-corrected chi connectivity index (χ1v) is 10.6. The number of amides is 1. The minimum Gasteiger partial charge on any atom is -0.481 e. The Bertz CT molecular complexity index is 1190. The largest absolute Gasteiger partial charge is 0.481 e. The SMILES string of the molecule is Cc1cc(F)ccc1C(CC(=O)O)NC(=O)c1cc(OCC2CC2)n(-c2ccccc2F)n1. The van der Waals surface area contributed by atoms with E-state index in [9.17, 15) is 23.5 Å². The Labute approximate surface area is 189 Å². The summed E-state index contributed by atoms with van der Waals surface area (Å²) in [4.78, 5) is 24.4. The fourth-order valence-electron chi connectivity index (χ4n) is 3.54. The molecule has 4 rings (SSSR count). The molecule has 3 aromatic rings. The number of nitrogens with zero attached hydrogens (tertiary/aromatic N) is 2. The van der Waals surface area contributed by atoms with Crippen molar-refractivity contribution in [1.29, 1.82) is 0 Å². The van der Waals surface area contributed by atoms with E-state index in [4.69, 9.17) is 4.74 Å². The lowest BCUT2D eigenvalue weighted by atomic mass is 9.98. The minimum atomic E-state index is -1.13. The second-order valence-electron chi connectivity index (χ2n) is 8.11. The highest BCUT2D eigenvalue weighted by molar-refractivity contribution is 5.93. The standard InChI is InChI=1S/C24H23F2N3O4/c1-14-10-16(25)8-9-17(14)19(12-23(30)31)27-24(32)20-11-22(33-13-15-6-7-15)29(28-20)21-5-3-2-4-18(21)26/h2-5,8-11,15,19H,6-7,12-13H2,1H3,(H,27,32)(H,30,31). The third-order valence-electron chi connectivity index (χ3n) is 5.45. The van der Waals surface area contributed by atoms with E-state index in [2.05, 4.69) is 10.4 Å². The molecule has 0 bridgehead atoms. The molecule has 33 heavy (non-hydrogen) atoms. The maximum Gasteiger partial charge on any atom is 0.305 e. The maximum atomic E-state index is 14.4. The Balaban J connectivity index is 1.63. The van der Waals surface area contributed by atoms with Crippen LogP contribution in [0.1, 0.15) is 46.9 Å². The van der Waals surface area contributed by atoms with Crippen LogP contribution in [0.15, 0.2) is 48.5 Å². The molecule has 1 saturated carbocycles. The van der Waals surface area contributed by atoms with Crippen molar-refractivity contribution in [2.24, 2.45) is 5.92 Å². The van der Waals surface area contributed by atoms with Gasteiger partial charge in [-0.25, -0.2) is 8.78 Å². The van der Waals surface area contributed by atoms with Crippen LogP contribution in [0.3, 0.4) is 0 Å². The van der Waals surface area contributed by atoms with Gasteiger partial charge in [0.15, 0.2) is 5.69 Å². The van der Waals surface area contributed by atoms with Crippen molar-refractivity contribution in [1.82, 2.24) is 15.1 Å². The van der Waals surface area contributed by atoms with Gasteiger partial charge in [0.2, 0.25) is 5.88 Å². The fourth-order valence-corrected chi connectivity index (χ4v) is 3.54. The number of carboxylic acid groups (broad SMARTS) is 1. The molecule has 1 aromatic heterocycles. The molecule has 2 aromatic carbocycles. The predicted molar refractivity (Wildman–Crippen MR) is 115 cm³/mol. The van der Waals surface area contributed by atoms with Gasteiger partial charge in [0.1, 0.15) is 17.3 Å². The molecule has 1 unspecified atom stereocenters. The zero-order valence-electron chi connectivity index (χ0n) is 17.9. The smallest absolute Gasteiger partial charge is 0.305 e. The van der Waals surface area contributed by atoms with Crippen molar-refractivity contribution in [2.45, 2.75) is 32.2 Å². The van der Waals surface area contributed by atoms with Crippen LogP contribution in [-0.2, 0) is 4.79 Å². The molecule has 172 valence electrons. The summed E-state index contributed by atoms with van der Waals surface area (Å²) < 4.78 is 35.0. The average Bonchev–Trinajstić information content (AvgIpc) is 3.49. The van der Waals surface area contributed by atoms with E-state index >= 15 is 0 Å². The summed E-state index contributed by atoms with van der Waals surface area (Å²) in [5.41, 5.74) is 1.05. The summed E-state index contributed by atoms with van der Waals surface area (Å²) in [5, 5.41) is 16.2. The molecular formula is C24H23F2N3O4. The van der Waals surface area contributed by atoms with E-state index in [1.165, 1.54) is 41.1 Å². The molecular weight excluding hydrogens is 432 g/mol. The van der Waals surface area contributed by atoms with Gasteiger partial charge < -0.3 is 15.2 Å². The van der Waals surface area contributed by atoms with Crippen molar-refractivity contribution < 1.29 is 28.2 Å². The first kappa shape index (κ1) is 22.4. The van der Waals surface area contributed by atoms with E-state index in [0.717, 1.165) is 12.8 Å². The molecule has 1 aliphatic carbocycles. The van der Waals surface area contributed by atoms with Crippen LogP contribution in [-0.4, -0.2) is 33.4 Å². The Morgan fingerprint density at radius 2 is 1.97 bits per heavy atom. The van der Waals surface area contributed by atoms with Gasteiger partial charge >= 0.3 is 5.97 Å². The van der Waals surface area contributed by atoms with Gasteiger partial charge in [-0.1, -0.05) is 18.2 Å². The zero-order valence-corrected chi connectivity index (χ0v) is 17.9. The Hall–Kier alpha value is -3.75. The van der Waals surface area contributed by atoms with Crippen LogP contribution in [0, 0.1) is 24.5 Å². The van der Waals surface area contributed by atoms with Gasteiger partial charge in [-0.15, -0.1) is 0 Å². The summed E-state index contributed by atoms with van der Waals surface area (Å²) in [6, 6.07) is 10.4. The van der Waals surface area contributed by atoms with Crippen molar-refractivity contribution in [2.75, 3.05) is 6.61 Å². The van der Waals surface area contributed by atoms with E-state index in [-0.39, 0.29) is 17.3 Å². The minimum absolute atomic E-state index is 0.0563. The van der Waals surface area contributed by atoms with Crippen LogP contribution >= 0.6 is 0 Å². The number of ether oxygens (including phenoxy) is 1. The summed E-state index contributed by atoms with van der Waals surface area (Å²) in [7, 11) is 0. The molecule has 0 aliphatic heterocycles. The van der Waals surface area contributed by atoms with Crippen molar-refractivity contribution >= 4 is 11.9 Å². The number of benzene rings is 2. The molecule has 1 amide bonds. The number of carbonyl (C=O) groups excluding carboxylic acids is 1. The lowest BCUT2D eigenvalue weighted by Crippen LogP contribution is -2.31. The van der Waals surface area contributed by atoms with Gasteiger partial charge in [-0.3, -0.25) is 9.59 Å². The first-order valence-electron chi connectivity index (χ1n) is 10.6. The first-order chi connectivity index (χ1) is 15.8. The van der Waals surface area contributed by atoms with Gasteiger partial charge in [0.05, 0.1) is 19.1 Å². The number of para-hydroxylation sites is 1. The summed E-state index contributed by atoms with van der Waals surface area (Å²) in [6.45, 7) is 2.06. The van der Waals surface area contributed by atoms with Gasteiger partial charge in [0.25, 0.3) is 5.91 Å². The molecule has 1 aliphatic rings. The molecule has 1 atom stereocenters. The molecule has 9 heteroatoms. The van der Waals surface area contributed by atoms with Crippen LogP contribution in [0.25, 0.3) is 5.69 Å². The monoisotopic (exact) mass is 455 g/mol. The number of aryl methyl sites for hydroxylation is 1. The van der Waals surface area contributed by atoms with Crippen molar-refractivity contribution in [3.63, 3.8) is 0 Å². The second-order valence-corrected chi connectivity index (χ2v) is 8.11. The molecule has 2 N–H and O–H groups in total. The van der Waals surface area contributed by atoms with Crippen LogP contribution in [0.2, 0.25) is 0 Å². The number of aromatic nitrogens is 2. The summed E-state index contributed by atoms with van der Waals surface area (Å²) in [5.74, 6) is -2.14. The average molecular weight is 455 g/mol. The Kier molecular flexibility index (Phi) is 6.39. The maximum absolute atomic E-state index is 14.4. The quantitative estimate of drug-likeness (QED) is 0.505. The van der Waals surface area contributed by atoms with E-state index in [1.807, 2.05) is 0 Å². The molecule has 0 spiro atoms. The number of rotatable bonds is 9. The highest BCUT2D eigenvalue weighted by Gasteiger charge is 2.26. The van der Waals surface area contributed by atoms with Crippen molar-refractivity contribution in [3.05, 3.63) is 77.0 Å². The molecule has 0 saturated heterocycles. The lowest BCUT2D eigenvalue weighted by molar-refractivity contribution is -0.137. The molecule has 1 fully saturated rings. The fraction of sp³-hybridized carbons (Fsp3) is 0.292. The number of carbonyl (C=O) groups is 2. The molecule has 7 nitrogen and oxygen atoms in total. The zero-order chi connectivity index (χ0) is 23.5. The van der Waals surface area contributed by atoms with Crippen LogP contribution in [0.5, 0.6) is 5.88 Å². The summed E-state index contributed by atoms with van der Waals surface area (Å²) in [6.07, 6.45) is 1.70. The number of carboxylic acids is 1. The highest BCUT2D eigenvalue weighted by atomic mass is 19.1. The Morgan fingerprint density at radius 1 is 1.21 bits per heavy atom. The number of halogens is 2. The van der Waals surface area contributed by atoms with Gasteiger partial charge in [-0.05, 0) is 61.1 Å². The third-order valence-corrected chi connectivity index (χ3v) is 5.45. The lowest BCUT2D eigenvalue weighted by Gasteiger charge is -2.19. The molecule has 1 heterocycles. The van der Waals surface area contributed by atoms with Crippen LogP contribution < -0.4 is 10.1 Å². The number of nitrogens with one attached hydrogen (secondary N) is 1. The number of hydrogen-bond acceptors (Lipinski definition) is 4. The van der Waals surface area contributed by atoms with Crippen LogP contribution in [0.4, 0.5) is 8.78 Å². The van der Waals surface area contributed by atoms with Gasteiger partial charge in [-0.2, -0.15) is 9.78 Å². The van der Waals surface area contributed by atoms with E-state index in [1.54, 1.807) is 19.1 Å². The number of aliphatic carboxylic acids is 1. The van der Waals surface area contributed by atoms with E-state index < -0.39 is 36.0 Å². The highest BCUT2D eigenvalue weighted by Crippen LogP contribution is 2.31.